The van der Waals surface area contributed by atoms with E-state index in [1.807, 2.05) is 0 Å². The number of methoxy groups -OCH3 is 1. The van der Waals surface area contributed by atoms with Gasteiger partial charge in [-0.1, -0.05) is 12.1 Å². The molecule has 1 heterocycles. The van der Waals surface area contributed by atoms with Gasteiger partial charge >= 0.3 is 6.18 Å². The maximum atomic E-state index is 12.7. The summed E-state index contributed by atoms with van der Waals surface area (Å²) in [5.41, 5.74) is -0.712. The Kier molecular flexibility index (Phi) is 5.31. The first-order valence-corrected chi connectivity index (χ1v) is 8.35. The van der Waals surface area contributed by atoms with Crippen LogP contribution < -0.4 is 10.9 Å². The highest BCUT2D eigenvalue weighted by Gasteiger charge is 2.35. The summed E-state index contributed by atoms with van der Waals surface area (Å²) in [5.74, 6) is -0.200. The van der Waals surface area contributed by atoms with E-state index in [2.05, 4.69) is 15.3 Å². The van der Waals surface area contributed by atoms with Crippen LogP contribution in [-0.2, 0) is 17.5 Å². The molecule has 1 unspecified atom stereocenters. The third-order valence-electron chi connectivity index (χ3n) is 4.28. The summed E-state index contributed by atoms with van der Waals surface area (Å²) >= 11 is 0. The first kappa shape index (κ1) is 19.1. The number of hydrogen-bond donors (Lipinski definition) is 2. The molecule has 1 aromatic carbocycles. The van der Waals surface area contributed by atoms with Crippen molar-refractivity contribution in [2.45, 2.75) is 31.7 Å². The van der Waals surface area contributed by atoms with Gasteiger partial charge in [-0.15, -0.1) is 0 Å². The number of H-pyrrole nitrogens is 1. The number of carbonyl (C=O) groups excluding carboxylic acids is 1. The van der Waals surface area contributed by atoms with E-state index in [0.29, 0.717) is 5.56 Å². The Labute approximate surface area is 152 Å². The molecular formula is C18H18F3N3O3. The van der Waals surface area contributed by atoms with Crippen LogP contribution in [0.5, 0.6) is 0 Å². The minimum absolute atomic E-state index is 0.0430. The van der Waals surface area contributed by atoms with Gasteiger partial charge in [-0.05, 0) is 36.5 Å². The number of rotatable bonds is 6. The Morgan fingerprint density at radius 2 is 2.00 bits per heavy atom. The van der Waals surface area contributed by atoms with Crippen molar-refractivity contribution >= 4 is 5.91 Å². The van der Waals surface area contributed by atoms with Gasteiger partial charge in [0, 0.05) is 13.2 Å². The van der Waals surface area contributed by atoms with Crippen LogP contribution in [0.25, 0.3) is 0 Å². The summed E-state index contributed by atoms with van der Waals surface area (Å²) in [5, 5.41) is 2.79. The van der Waals surface area contributed by atoms with E-state index in [-0.39, 0.29) is 24.0 Å². The molecule has 6 nitrogen and oxygen atoms in total. The summed E-state index contributed by atoms with van der Waals surface area (Å²) in [7, 11) is 1.43. The average molecular weight is 381 g/mol. The molecule has 1 fully saturated rings. The first-order valence-electron chi connectivity index (χ1n) is 8.35. The molecule has 2 N–H and O–H groups in total. The van der Waals surface area contributed by atoms with Gasteiger partial charge in [0.1, 0.15) is 18.1 Å². The summed E-state index contributed by atoms with van der Waals surface area (Å²) < 4.78 is 43.1. The molecule has 1 aliphatic rings. The Balaban J connectivity index is 1.81. The van der Waals surface area contributed by atoms with Crippen molar-refractivity contribution in [2.75, 3.05) is 7.11 Å². The Hall–Kier alpha value is -2.68. The topological polar surface area (TPSA) is 84.1 Å². The quantitative estimate of drug-likeness (QED) is 0.806. The van der Waals surface area contributed by atoms with Gasteiger partial charge in [0.05, 0.1) is 11.6 Å². The van der Waals surface area contributed by atoms with Gasteiger partial charge in [-0.3, -0.25) is 9.59 Å². The number of hydrogen-bond acceptors (Lipinski definition) is 4. The number of benzene rings is 1. The largest absolute Gasteiger partial charge is 0.416 e. The molecule has 1 atom stereocenters. The Morgan fingerprint density at radius 1 is 1.33 bits per heavy atom. The van der Waals surface area contributed by atoms with Crippen LogP contribution in [0.1, 0.15) is 46.3 Å². The number of aromatic amines is 1. The highest BCUT2D eigenvalue weighted by molar-refractivity contribution is 5.92. The number of halogens is 3. The van der Waals surface area contributed by atoms with E-state index in [4.69, 9.17) is 4.74 Å². The SMILES string of the molecule is COCc1nc(C(=O)NC(c2ccc(C(F)(F)F)cc2)C2CC2)cc(=O)[nH]1. The molecule has 9 heteroatoms. The second-order valence-corrected chi connectivity index (χ2v) is 6.42. The highest BCUT2D eigenvalue weighted by Crippen LogP contribution is 2.41. The third-order valence-corrected chi connectivity index (χ3v) is 4.28. The van der Waals surface area contributed by atoms with Crippen molar-refractivity contribution in [3.8, 4) is 0 Å². The van der Waals surface area contributed by atoms with Crippen LogP contribution in [0.2, 0.25) is 0 Å². The summed E-state index contributed by atoms with van der Waals surface area (Å²) in [6, 6.07) is 5.37. The number of ether oxygens (including phenoxy) is 1. The summed E-state index contributed by atoms with van der Waals surface area (Å²) in [6.07, 6.45) is -2.68. The van der Waals surface area contributed by atoms with Gasteiger partial charge in [-0.25, -0.2) is 4.98 Å². The van der Waals surface area contributed by atoms with E-state index in [0.717, 1.165) is 31.0 Å². The Morgan fingerprint density at radius 3 is 2.56 bits per heavy atom. The Bertz CT molecular complexity index is 874. The lowest BCUT2D eigenvalue weighted by Crippen LogP contribution is -2.32. The van der Waals surface area contributed by atoms with E-state index in [1.54, 1.807) is 0 Å². The van der Waals surface area contributed by atoms with Crippen LogP contribution >= 0.6 is 0 Å². The van der Waals surface area contributed by atoms with E-state index >= 15 is 0 Å². The highest BCUT2D eigenvalue weighted by atomic mass is 19.4. The lowest BCUT2D eigenvalue weighted by molar-refractivity contribution is -0.137. The number of nitrogens with zero attached hydrogens (tertiary/aromatic N) is 1. The van der Waals surface area contributed by atoms with Crippen LogP contribution in [0, 0.1) is 5.92 Å². The minimum Gasteiger partial charge on any atom is -0.377 e. The fourth-order valence-electron chi connectivity index (χ4n) is 2.83. The maximum Gasteiger partial charge on any atom is 0.416 e. The van der Waals surface area contributed by atoms with Gasteiger partial charge in [0.25, 0.3) is 11.5 Å². The molecular weight excluding hydrogens is 363 g/mol. The molecule has 1 aliphatic carbocycles. The van der Waals surface area contributed by atoms with E-state index in [1.165, 1.54) is 19.2 Å². The molecule has 27 heavy (non-hydrogen) atoms. The lowest BCUT2D eigenvalue weighted by atomic mass is 10.0. The van der Waals surface area contributed by atoms with Crippen LogP contribution in [-0.4, -0.2) is 23.0 Å². The molecule has 0 aliphatic heterocycles. The van der Waals surface area contributed by atoms with Crippen molar-refractivity contribution in [3.05, 3.63) is 63.3 Å². The molecule has 1 amide bonds. The predicted octanol–water partition coefficient (Wildman–Crippen LogP) is 2.82. The maximum absolute atomic E-state index is 12.7. The zero-order valence-corrected chi connectivity index (χ0v) is 14.5. The number of aromatic nitrogens is 2. The summed E-state index contributed by atoms with van der Waals surface area (Å²) in [4.78, 5) is 30.8. The predicted molar refractivity (Wildman–Crippen MR) is 89.9 cm³/mol. The van der Waals surface area contributed by atoms with Gasteiger partial charge in [-0.2, -0.15) is 13.2 Å². The van der Waals surface area contributed by atoms with E-state index < -0.39 is 29.2 Å². The molecule has 1 aromatic heterocycles. The lowest BCUT2D eigenvalue weighted by Gasteiger charge is -2.19. The van der Waals surface area contributed by atoms with Crippen molar-refractivity contribution in [3.63, 3.8) is 0 Å². The molecule has 0 spiro atoms. The molecule has 3 rings (SSSR count). The van der Waals surface area contributed by atoms with E-state index in [9.17, 15) is 22.8 Å². The van der Waals surface area contributed by atoms with Crippen molar-refractivity contribution in [1.29, 1.82) is 0 Å². The molecule has 0 saturated heterocycles. The molecule has 144 valence electrons. The monoisotopic (exact) mass is 381 g/mol. The number of carbonyl (C=O) groups is 1. The number of alkyl halides is 3. The van der Waals surface area contributed by atoms with Gasteiger partial charge < -0.3 is 15.0 Å². The second kappa shape index (κ2) is 7.51. The second-order valence-electron chi connectivity index (χ2n) is 6.42. The van der Waals surface area contributed by atoms with Crippen LogP contribution in [0.4, 0.5) is 13.2 Å². The molecule has 0 bridgehead atoms. The number of nitrogens with one attached hydrogen (secondary N) is 2. The minimum atomic E-state index is -4.41. The van der Waals surface area contributed by atoms with Crippen molar-refractivity contribution < 1.29 is 22.7 Å². The molecule has 0 radical (unpaired) electrons. The van der Waals surface area contributed by atoms with Crippen molar-refractivity contribution in [2.24, 2.45) is 5.92 Å². The summed E-state index contributed by atoms with van der Waals surface area (Å²) in [6.45, 7) is 0.0430. The zero-order chi connectivity index (χ0) is 19.6. The fraction of sp³-hybridized carbons (Fsp3) is 0.389. The van der Waals surface area contributed by atoms with Crippen LogP contribution in [0.3, 0.4) is 0 Å². The first-order chi connectivity index (χ1) is 12.8. The standard InChI is InChI=1S/C18H18F3N3O3/c1-27-9-14-22-13(8-15(25)23-14)17(26)24-16(10-2-3-10)11-4-6-12(7-5-11)18(19,20)21/h4-8,10,16H,2-3,9H2,1H3,(H,24,26)(H,22,23,25). The van der Waals surface area contributed by atoms with Crippen molar-refractivity contribution in [1.82, 2.24) is 15.3 Å². The van der Waals surface area contributed by atoms with Crippen LogP contribution in [0.15, 0.2) is 35.1 Å². The van der Waals surface area contributed by atoms with Gasteiger partial charge in [0.2, 0.25) is 0 Å². The average Bonchev–Trinajstić information content (AvgIpc) is 3.43. The number of amides is 1. The van der Waals surface area contributed by atoms with Gasteiger partial charge in [0.15, 0.2) is 0 Å². The fourth-order valence-corrected chi connectivity index (χ4v) is 2.83. The zero-order valence-electron chi connectivity index (χ0n) is 14.5. The molecule has 2 aromatic rings. The molecule has 1 saturated carbocycles. The smallest absolute Gasteiger partial charge is 0.377 e. The normalized spacial score (nSPS) is 15.4. The third kappa shape index (κ3) is 4.73.